The van der Waals surface area contributed by atoms with Gasteiger partial charge in [-0.2, -0.15) is 0 Å². The zero-order chi connectivity index (χ0) is 17.1. The summed E-state index contributed by atoms with van der Waals surface area (Å²) in [4.78, 5) is 6.36. The summed E-state index contributed by atoms with van der Waals surface area (Å²) in [6.07, 6.45) is 0.821. The third kappa shape index (κ3) is 3.96. The largest absolute Gasteiger partial charge is 0.460 e. The van der Waals surface area contributed by atoms with Crippen LogP contribution < -0.4 is 0 Å². The van der Waals surface area contributed by atoms with E-state index in [2.05, 4.69) is 39.4 Å². The standard InChI is InChI=1S/C20H24N2O2S/c23-10-7-17-13-21(8-9-22(17)15-19-5-3-11-25-19)14-18-12-16-4-1-2-6-20(16)24-18/h1-6,11-12,17,23H,7-10,13-15H2/t17-/m1/s1. The van der Waals surface area contributed by atoms with E-state index >= 15 is 0 Å². The molecule has 4 nitrogen and oxygen atoms in total. The van der Waals surface area contributed by atoms with Crippen LogP contribution in [0.25, 0.3) is 11.0 Å². The molecule has 0 amide bonds. The number of hydrogen-bond acceptors (Lipinski definition) is 5. The van der Waals surface area contributed by atoms with Crippen molar-refractivity contribution in [2.75, 3.05) is 26.2 Å². The minimum atomic E-state index is 0.240. The Labute approximate surface area is 152 Å². The van der Waals surface area contributed by atoms with Gasteiger partial charge in [-0.3, -0.25) is 9.80 Å². The van der Waals surface area contributed by atoms with Gasteiger partial charge in [-0.25, -0.2) is 0 Å². The first-order chi connectivity index (χ1) is 12.3. The van der Waals surface area contributed by atoms with Gasteiger partial charge in [-0.15, -0.1) is 11.3 Å². The molecule has 2 aromatic heterocycles. The van der Waals surface area contributed by atoms with Crippen molar-refractivity contribution in [1.29, 1.82) is 0 Å². The van der Waals surface area contributed by atoms with Crippen molar-refractivity contribution < 1.29 is 9.52 Å². The molecule has 1 fully saturated rings. The average molecular weight is 356 g/mol. The van der Waals surface area contributed by atoms with Gasteiger partial charge >= 0.3 is 0 Å². The number of para-hydroxylation sites is 1. The number of thiophene rings is 1. The van der Waals surface area contributed by atoms with E-state index in [1.165, 1.54) is 10.3 Å². The molecule has 1 aliphatic rings. The van der Waals surface area contributed by atoms with E-state index in [1.54, 1.807) is 0 Å². The predicted molar refractivity (Wildman–Crippen MR) is 102 cm³/mol. The van der Waals surface area contributed by atoms with Gasteiger partial charge in [0.15, 0.2) is 0 Å². The molecule has 1 atom stereocenters. The Morgan fingerprint density at radius 2 is 2.04 bits per heavy atom. The number of hydrogen-bond donors (Lipinski definition) is 1. The fraction of sp³-hybridized carbons (Fsp3) is 0.400. The Hall–Kier alpha value is -1.66. The molecule has 0 aliphatic carbocycles. The van der Waals surface area contributed by atoms with Gasteiger partial charge in [0.2, 0.25) is 0 Å². The Morgan fingerprint density at radius 3 is 2.84 bits per heavy atom. The molecule has 0 bridgehead atoms. The van der Waals surface area contributed by atoms with Crippen molar-refractivity contribution in [2.45, 2.75) is 25.6 Å². The number of benzene rings is 1. The maximum absolute atomic E-state index is 9.47. The minimum Gasteiger partial charge on any atom is -0.460 e. The number of piperazine rings is 1. The lowest BCUT2D eigenvalue weighted by Gasteiger charge is -2.41. The van der Waals surface area contributed by atoms with Crippen LogP contribution in [-0.2, 0) is 13.1 Å². The molecule has 4 rings (SSSR count). The number of furan rings is 1. The van der Waals surface area contributed by atoms with Crippen LogP contribution >= 0.6 is 11.3 Å². The van der Waals surface area contributed by atoms with Gasteiger partial charge in [-0.05, 0) is 30.0 Å². The van der Waals surface area contributed by atoms with Crippen LogP contribution in [-0.4, -0.2) is 47.2 Å². The third-order valence-electron chi connectivity index (χ3n) is 4.95. The van der Waals surface area contributed by atoms with Crippen molar-refractivity contribution in [2.24, 2.45) is 0 Å². The second-order valence-electron chi connectivity index (χ2n) is 6.70. The predicted octanol–water partition coefficient (Wildman–Crippen LogP) is 3.56. The van der Waals surface area contributed by atoms with Crippen molar-refractivity contribution in [3.63, 3.8) is 0 Å². The lowest BCUT2D eigenvalue weighted by molar-refractivity contribution is 0.0477. The first-order valence-electron chi connectivity index (χ1n) is 8.89. The van der Waals surface area contributed by atoms with E-state index in [0.29, 0.717) is 6.04 Å². The molecule has 132 valence electrons. The molecule has 1 N–H and O–H groups in total. The van der Waals surface area contributed by atoms with Crippen molar-refractivity contribution in [3.05, 3.63) is 58.5 Å². The van der Waals surface area contributed by atoms with Crippen molar-refractivity contribution >= 4 is 22.3 Å². The maximum atomic E-state index is 9.47. The Kier molecular flexibility index (Phi) is 5.17. The van der Waals surface area contributed by atoms with Gasteiger partial charge in [0.1, 0.15) is 11.3 Å². The van der Waals surface area contributed by atoms with E-state index in [9.17, 15) is 5.11 Å². The topological polar surface area (TPSA) is 39.9 Å². The molecule has 0 spiro atoms. The lowest BCUT2D eigenvalue weighted by Crippen LogP contribution is -2.52. The summed E-state index contributed by atoms with van der Waals surface area (Å²) in [5.74, 6) is 1.02. The van der Waals surface area contributed by atoms with Gasteiger partial charge in [0.25, 0.3) is 0 Å². The quantitative estimate of drug-likeness (QED) is 0.733. The van der Waals surface area contributed by atoms with Gasteiger partial charge in [-0.1, -0.05) is 24.3 Å². The number of aliphatic hydroxyl groups is 1. The highest BCUT2D eigenvalue weighted by molar-refractivity contribution is 7.09. The van der Waals surface area contributed by atoms with E-state index in [0.717, 1.165) is 50.5 Å². The molecule has 25 heavy (non-hydrogen) atoms. The van der Waals surface area contributed by atoms with Crippen LogP contribution in [0, 0.1) is 0 Å². The Morgan fingerprint density at radius 1 is 1.12 bits per heavy atom. The Bertz CT molecular complexity index is 766. The summed E-state index contributed by atoms with van der Waals surface area (Å²) in [5.41, 5.74) is 0.959. The highest BCUT2D eigenvalue weighted by Gasteiger charge is 2.27. The van der Waals surface area contributed by atoms with E-state index in [1.807, 2.05) is 29.5 Å². The first-order valence-corrected chi connectivity index (χ1v) is 9.77. The highest BCUT2D eigenvalue weighted by atomic mass is 32.1. The molecule has 1 saturated heterocycles. The van der Waals surface area contributed by atoms with E-state index < -0.39 is 0 Å². The summed E-state index contributed by atoms with van der Waals surface area (Å²) in [5, 5.41) is 12.8. The smallest absolute Gasteiger partial charge is 0.134 e. The second kappa shape index (κ2) is 7.70. The summed E-state index contributed by atoms with van der Waals surface area (Å²) in [6.45, 7) is 5.10. The third-order valence-corrected chi connectivity index (χ3v) is 5.81. The van der Waals surface area contributed by atoms with Crippen molar-refractivity contribution in [1.82, 2.24) is 9.80 Å². The van der Waals surface area contributed by atoms with Crippen LogP contribution in [0.2, 0.25) is 0 Å². The molecule has 0 unspecified atom stereocenters. The van der Waals surface area contributed by atoms with E-state index in [-0.39, 0.29) is 6.61 Å². The summed E-state index contributed by atoms with van der Waals surface area (Å²) in [7, 11) is 0. The van der Waals surface area contributed by atoms with Gasteiger partial charge in [0.05, 0.1) is 6.54 Å². The normalized spacial score (nSPS) is 19.6. The number of rotatable bonds is 6. The van der Waals surface area contributed by atoms with E-state index in [4.69, 9.17) is 4.42 Å². The SMILES string of the molecule is OCC[C@@H]1CN(Cc2cc3ccccc3o2)CCN1Cc1cccs1. The lowest BCUT2D eigenvalue weighted by atomic mass is 10.1. The average Bonchev–Trinajstić information content (AvgIpc) is 3.26. The molecule has 3 aromatic rings. The van der Waals surface area contributed by atoms with Crippen LogP contribution in [0.4, 0.5) is 0 Å². The fourth-order valence-corrected chi connectivity index (χ4v) is 4.40. The monoisotopic (exact) mass is 356 g/mol. The number of fused-ring (bicyclic) bond motifs is 1. The van der Waals surface area contributed by atoms with Crippen molar-refractivity contribution in [3.8, 4) is 0 Å². The maximum Gasteiger partial charge on any atom is 0.134 e. The molecule has 1 aromatic carbocycles. The molecule has 3 heterocycles. The van der Waals surface area contributed by atoms with Crippen LogP contribution in [0.5, 0.6) is 0 Å². The summed E-state index contributed by atoms with van der Waals surface area (Å²) in [6, 6.07) is 15.0. The second-order valence-corrected chi connectivity index (χ2v) is 7.73. The van der Waals surface area contributed by atoms with Crippen LogP contribution in [0.3, 0.4) is 0 Å². The molecule has 1 aliphatic heterocycles. The molecular formula is C20H24N2O2S. The van der Waals surface area contributed by atoms with Crippen LogP contribution in [0.15, 0.2) is 52.3 Å². The first kappa shape index (κ1) is 16.8. The number of nitrogens with zero attached hydrogens (tertiary/aromatic N) is 2. The molecular weight excluding hydrogens is 332 g/mol. The van der Waals surface area contributed by atoms with Crippen LogP contribution in [0.1, 0.15) is 17.1 Å². The number of aliphatic hydroxyl groups excluding tert-OH is 1. The molecule has 0 radical (unpaired) electrons. The fourth-order valence-electron chi connectivity index (χ4n) is 3.67. The van der Waals surface area contributed by atoms with Gasteiger partial charge in [0, 0.05) is 49.1 Å². The Balaban J connectivity index is 1.42. The zero-order valence-corrected chi connectivity index (χ0v) is 15.1. The van der Waals surface area contributed by atoms with Gasteiger partial charge < -0.3 is 9.52 Å². The zero-order valence-electron chi connectivity index (χ0n) is 14.3. The minimum absolute atomic E-state index is 0.240. The highest BCUT2D eigenvalue weighted by Crippen LogP contribution is 2.23. The molecule has 5 heteroatoms. The molecule has 0 saturated carbocycles. The summed E-state index contributed by atoms with van der Waals surface area (Å²) >= 11 is 1.81. The summed E-state index contributed by atoms with van der Waals surface area (Å²) < 4.78 is 5.98.